The maximum Gasteiger partial charge on any atom is 0.404 e. The van der Waals surface area contributed by atoms with Crippen molar-refractivity contribution in [1.29, 1.82) is 10.7 Å². The van der Waals surface area contributed by atoms with Crippen LogP contribution in [0.25, 0.3) is 11.1 Å². The number of primary amides is 1. The van der Waals surface area contributed by atoms with Gasteiger partial charge in [0.2, 0.25) is 5.91 Å². The fourth-order valence-electron chi connectivity index (χ4n) is 4.59. The number of nitrogens with zero attached hydrogens (tertiary/aromatic N) is 2. The molecule has 2 aromatic rings. The molecule has 1 aromatic heterocycles. The van der Waals surface area contributed by atoms with E-state index >= 15 is 0 Å². The summed E-state index contributed by atoms with van der Waals surface area (Å²) in [5.41, 5.74) is 6.09. The number of hydrogen-bond acceptors (Lipinski definition) is 8. The number of hydrogen-bond donors (Lipinski definition) is 6. The van der Waals surface area contributed by atoms with E-state index in [4.69, 9.17) is 32.6 Å². The highest BCUT2D eigenvalue weighted by atomic mass is 35.5. The molecule has 3 rings (SSSR count). The molecule has 0 saturated heterocycles. The smallest absolute Gasteiger partial charge is 0.404 e. The molecule has 1 aliphatic heterocycles. The first kappa shape index (κ1) is 32.2. The molecule has 0 bridgehead atoms. The van der Waals surface area contributed by atoms with Crippen LogP contribution in [0.1, 0.15) is 31.4 Å². The molecule has 3 amide bonds. The number of nitrogens with one attached hydrogen (secondary N) is 4. The van der Waals surface area contributed by atoms with Crippen LogP contribution >= 0.6 is 11.6 Å². The number of ether oxygens (including phenoxy) is 1. The van der Waals surface area contributed by atoms with Crippen molar-refractivity contribution in [2.45, 2.75) is 25.8 Å². The lowest BCUT2D eigenvalue weighted by molar-refractivity contribution is -0.125. The Morgan fingerprint density at radius 1 is 1.30 bits per heavy atom. The van der Waals surface area contributed by atoms with Crippen LogP contribution in [0.4, 0.5) is 4.79 Å². The van der Waals surface area contributed by atoms with Crippen molar-refractivity contribution in [2.24, 2.45) is 11.7 Å². The zero-order valence-corrected chi connectivity index (χ0v) is 24.1. The number of carbonyl (C=O) groups is 3. The molecule has 0 spiro atoms. The van der Waals surface area contributed by atoms with Crippen molar-refractivity contribution in [2.75, 3.05) is 13.7 Å². The summed E-state index contributed by atoms with van der Waals surface area (Å²) in [7, 11) is 1.39. The second-order valence-electron chi connectivity index (χ2n) is 9.50. The Kier molecular flexibility index (Phi) is 10.9. The summed E-state index contributed by atoms with van der Waals surface area (Å²) in [5.74, 6) is -1.69. The molecule has 0 aliphatic carbocycles. The van der Waals surface area contributed by atoms with Crippen molar-refractivity contribution in [3.63, 3.8) is 0 Å². The molecule has 1 aromatic carbocycles. The van der Waals surface area contributed by atoms with Gasteiger partial charge in [0.05, 0.1) is 36.2 Å². The molecule has 2 atom stereocenters. The number of dihydropyridines is 1. The van der Waals surface area contributed by atoms with Gasteiger partial charge in [0, 0.05) is 46.9 Å². The fourth-order valence-corrected chi connectivity index (χ4v) is 4.76. The van der Waals surface area contributed by atoms with Crippen molar-refractivity contribution in [3.05, 3.63) is 86.7 Å². The predicted octanol–water partition coefficient (Wildman–Crippen LogP) is 2.78. The Bertz CT molecular complexity index is 1640. The molecular weight excluding hydrogens is 578 g/mol. The third-order valence-corrected chi connectivity index (χ3v) is 6.88. The number of halogens is 1. The van der Waals surface area contributed by atoms with Crippen molar-refractivity contribution in [1.82, 2.24) is 20.5 Å². The highest BCUT2D eigenvalue weighted by molar-refractivity contribution is 6.31. The quantitative estimate of drug-likeness (QED) is 0.120. The van der Waals surface area contributed by atoms with E-state index in [9.17, 15) is 24.4 Å². The third-order valence-electron chi connectivity index (χ3n) is 6.65. The van der Waals surface area contributed by atoms with Gasteiger partial charge in [-0.1, -0.05) is 18.5 Å². The maximum atomic E-state index is 13.8. The molecule has 1 aliphatic rings. The highest BCUT2D eigenvalue weighted by Crippen LogP contribution is 2.34. The number of rotatable bonds is 12. The van der Waals surface area contributed by atoms with Crippen LogP contribution in [0.3, 0.4) is 0 Å². The zero-order chi connectivity index (χ0) is 31.7. The minimum atomic E-state index is -1.18. The lowest BCUT2D eigenvalue weighted by atomic mass is 9.94. The van der Waals surface area contributed by atoms with Gasteiger partial charge in [-0.3, -0.25) is 19.0 Å². The Morgan fingerprint density at radius 2 is 2.05 bits per heavy atom. The second-order valence-corrected chi connectivity index (χ2v) is 9.94. The van der Waals surface area contributed by atoms with Crippen LogP contribution in [0.15, 0.2) is 70.6 Å². The molecule has 14 heteroatoms. The van der Waals surface area contributed by atoms with Crippen LogP contribution < -0.4 is 32.0 Å². The van der Waals surface area contributed by atoms with Crippen molar-refractivity contribution < 1.29 is 24.2 Å². The molecule has 2 heterocycles. The van der Waals surface area contributed by atoms with Crippen molar-refractivity contribution in [3.8, 4) is 22.9 Å². The first-order valence-electron chi connectivity index (χ1n) is 13.0. The summed E-state index contributed by atoms with van der Waals surface area (Å²) in [5, 5.41) is 34.2. The van der Waals surface area contributed by atoms with Gasteiger partial charge in [0.25, 0.3) is 11.5 Å². The van der Waals surface area contributed by atoms with Gasteiger partial charge in [-0.05, 0) is 49.1 Å². The molecule has 2 unspecified atom stereocenters. The summed E-state index contributed by atoms with van der Waals surface area (Å²) >= 11 is 6.17. The predicted molar refractivity (Wildman–Crippen MR) is 159 cm³/mol. The van der Waals surface area contributed by atoms with E-state index in [0.29, 0.717) is 29.0 Å². The molecular formula is C29H30ClN7O6. The number of benzene rings is 1. The standard InChI is InChI=1S/C29H30ClN7O6/c1-16(4-3-8-35-29(41)42)26(28(40)36-19-7-9-34-23(11-19)22(14-32)27(33)39)37-15-24(43-2)21(12-25(37)38)20-10-18(30)6-5-17(20)13-31/h5-7,9-12,14-16,26,32,34-35H,3-4,8H2,1-2H3,(H2,33,39)(H,36,40)(H,41,42)/b23-22+,32-14?. The lowest BCUT2D eigenvalue weighted by Gasteiger charge is -2.27. The van der Waals surface area contributed by atoms with Crippen molar-refractivity contribution >= 4 is 35.7 Å². The minimum absolute atomic E-state index is 0.110. The highest BCUT2D eigenvalue weighted by Gasteiger charge is 2.30. The Hall–Kier alpha value is -5.35. The van der Waals surface area contributed by atoms with E-state index in [-0.39, 0.29) is 34.8 Å². The van der Waals surface area contributed by atoms with E-state index < -0.39 is 35.4 Å². The number of allylic oxidation sites excluding steroid dienone is 2. The van der Waals surface area contributed by atoms with Crippen LogP contribution in [0.5, 0.6) is 5.75 Å². The first-order valence-corrected chi connectivity index (χ1v) is 13.4. The zero-order valence-electron chi connectivity index (χ0n) is 23.3. The van der Waals surface area contributed by atoms with Crippen LogP contribution in [-0.4, -0.2) is 47.5 Å². The number of nitriles is 1. The molecule has 0 fully saturated rings. The van der Waals surface area contributed by atoms with Gasteiger partial charge in [-0.25, -0.2) is 4.79 Å². The molecule has 0 radical (unpaired) electrons. The van der Waals surface area contributed by atoms with Crippen LogP contribution in [-0.2, 0) is 9.59 Å². The van der Waals surface area contributed by atoms with Gasteiger partial charge < -0.3 is 36.9 Å². The summed E-state index contributed by atoms with van der Waals surface area (Å²) in [6, 6.07) is 6.86. The van der Waals surface area contributed by atoms with Gasteiger partial charge >= 0.3 is 6.09 Å². The molecule has 7 N–H and O–H groups in total. The number of methoxy groups -OCH3 is 1. The largest absolute Gasteiger partial charge is 0.495 e. The van der Waals surface area contributed by atoms with E-state index in [0.717, 1.165) is 6.21 Å². The Labute approximate surface area is 251 Å². The monoisotopic (exact) mass is 607 g/mol. The second kappa shape index (κ2) is 14.5. The topological polar surface area (TPSA) is 212 Å². The van der Waals surface area contributed by atoms with Gasteiger partial charge in [0.15, 0.2) is 0 Å². The van der Waals surface area contributed by atoms with Crippen LogP contribution in [0.2, 0.25) is 5.02 Å². The minimum Gasteiger partial charge on any atom is -0.495 e. The summed E-state index contributed by atoms with van der Waals surface area (Å²) in [6.45, 7) is 1.89. The number of pyridine rings is 1. The average molecular weight is 608 g/mol. The van der Waals surface area contributed by atoms with E-state index in [1.807, 2.05) is 0 Å². The molecule has 43 heavy (non-hydrogen) atoms. The van der Waals surface area contributed by atoms with Gasteiger partial charge in [-0.15, -0.1) is 0 Å². The summed E-state index contributed by atoms with van der Waals surface area (Å²) in [6.07, 6.45) is 6.15. The van der Waals surface area contributed by atoms with Gasteiger partial charge in [-0.2, -0.15) is 5.26 Å². The van der Waals surface area contributed by atoms with Gasteiger partial charge in [0.1, 0.15) is 11.8 Å². The average Bonchev–Trinajstić information content (AvgIpc) is 2.96. The van der Waals surface area contributed by atoms with E-state index in [1.165, 1.54) is 48.4 Å². The van der Waals surface area contributed by atoms with E-state index in [1.54, 1.807) is 19.1 Å². The molecule has 13 nitrogen and oxygen atoms in total. The Morgan fingerprint density at radius 3 is 2.67 bits per heavy atom. The third kappa shape index (κ3) is 7.90. The number of carbonyl (C=O) groups excluding carboxylic acids is 2. The normalized spacial score (nSPS) is 14.7. The van der Waals surface area contributed by atoms with Crippen LogP contribution in [0, 0.1) is 22.7 Å². The Balaban J connectivity index is 2.08. The summed E-state index contributed by atoms with van der Waals surface area (Å²) < 4.78 is 6.79. The lowest BCUT2D eigenvalue weighted by Crippen LogP contribution is -2.40. The number of amides is 3. The number of carboxylic acid groups (broad SMARTS) is 1. The fraction of sp³-hybridized carbons (Fsp3) is 0.241. The number of aromatic nitrogens is 1. The first-order chi connectivity index (χ1) is 20.5. The molecule has 224 valence electrons. The number of nitrogens with two attached hydrogens (primary N) is 1. The SMILES string of the molecule is COc1cn(C(C(=O)NC2=C/C(=C(/C=N)C(N)=O)NC=C2)C(C)CCCNC(=O)O)c(=O)cc1-c1cc(Cl)ccc1C#N. The van der Waals surface area contributed by atoms with E-state index in [2.05, 4.69) is 22.0 Å². The summed E-state index contributed by atoms with van der Waals surface area (Å²) in [4.78, 5) is 50.0. The molecule has 0 saturated carbocycles. The maximum absolute atomic E-state index is 13.8.